The highest BCUT2D eigenvalue weighted by Gasteiger charge is 2.13. The van der Waals surface area contributed by atoms with Crippen molar-refractivity contribution in [1.29, 1.82) is 5.26 Å². The lowest BCUT2D eigenvalue weighted by Crippen LogP contribution is -1.98. The molecule has 1 aromatic heterocycles. The van der Waals surface area contributed by atoms with Crippen LogP contribution in [0.2, 0.25) is 0 Å². The SMILES string of the molecule is Cn1c(-c2cccc(F)c2)nc(Br)c1CC#N. The maximum atomic E-state index is 13.1. The number of nitriles is 1. The second kappa shape index (κ2) is 4.68. The second-order valence-corrected chi connectivity index (χ2v) is 4.33. The molecule has 5 heteroatoms. The van der Waals surface area contributed by atoms with E-state index in [0.29, 0.717) is 16.0 Å². The minimum Gasteiger partial charge on any atom is -0.329 e. The van der Waals surface area contributed by atoms with Gasteiger partial charge in [0.2, 0.25) is 0 Å². The fraction of sp³-hybridized carbons (Fsp3) is 0.167. The van der Waals surface area contributed by atoms with E-state index in [2.05, 4.69) is 27.0 Å². The molecule has 0 unspecified atom stereocenters. The fourth-order valence-electron chi connectivity index (χ4n) is 1.65. The predicted molar refractivity (Wildman–Crippen MR) is 65.6 cm³/mol. The normalized spacial score (nSPS) is 10.2. The van der Waals surface area contributed by atoms with Gasteiger partial charge < -0.3 is 4.57 Å². The van der Waals surface area contributed by atoms with Crippen LogP contribution in [0, 0.1) is 17.1 Å². The van der Waals surface area contributed by atoms with Crippen LogP contribution in [-0.4, -0.2) is 9.55 Å². The molecular formula is C12H9BrFN3. The van der Waals surface area contributed by atoms with E-state index in [-0.39, 0.29) is 12.2 Å². The molecule has 0 aliphatic heterocycles. The van der Waals surface area contributed by atoms with Crippen LogP contribution in [0.4, 0.5) is 4.39 Å². The Kier molecular flexibility index (Phi) is 3.25. The Morgan fingerprint density at radius 2 is 2.29 bits per heavy atom. The molecule has 86 valence electrons. The molecule has 0 bridgehead atoms. The first-order valence-electron chi connectivity index (χ1n) is 4.97. The van der Waals surface area contributed by atoms with Gasteiger partial charge in [-0.05, 0) is 28.1 Å². The minimum atomic E-state index is -0.302. The molecule has 0 radical (unpaired) electrons. The Balaban J connectivity index is 2.54. The Labute approximate surface area is 107 Å². The highest BCUT2D eigenvalue weighted by Crippen LogP contribution is 2.25. The molecular weight excluding hydrogens is 285 g/mol. The zero-order valence-electron chi connectivity index (χ0n) is 9.11. The van der Waals surface area contributed by atoms with Gasteiger partial charge in [0, 0.05) is 12.6 Å². The second-order valence-electron chi connectivity index (χ2n) is 3.58. The van der Waals surface area contributed by atoms with Gasteiger partial charge in [-0.15, -0.1) is 0 Å². The summed E-state index contributed by atoms with van der Waals surface area (Å²) in [6.45, 7) is 0. The number of nitrogens with zero attached hydrogens (tertiary/aromatic N) is 3. The van der Waals surface area contributed by atoms with Crippen LogP contribution in [0.25, 0.3) is 11.4 Å². The van der Waals surface area contributed by atoms with Gasteiger partial charge in [0.05, 0.1) is 18.2 Å². The first-order valence-corrected chi connectivity index (χ1v) is 5.76. The maximum Gasteiger partial charge on any atom is 0.141 e. The van der Waals surface area contributed by atoms with E-state index in [0.717, 1.165) is 5.69 Å². The van der Waals surface area contributed by atoms with Crippen LogP contribution in [-0.2, 0) is 13.5 Å². The third-order valence-corrected chi connectivity index (χ3v) is 3.13. The molecule has 0 aliphatic carbocycles. The van der Waals surface area contributed by atoms with Gasteiger partial charge in [0.15, 0.2) is 0 Å². The lowest BCUT2D eigenvalue weighted by atomic mass is 10.2. The highest BCUT2D eigenvalue weighted by molar-refractivity contribution is 9.10. The highest BCUT2D eigenvalue weighted by atomic mass is 79.9. The Morgan fingerprint density at radius 1 is 1.53 bits per heavy atom. The molecule has 1 aromatic carbocycles. The summed E-state index contributed by atoms with van der Waals surface area (Å²) in [4.78, 5) is 4.30. The largest absolute Gasteiger partial charge is 0.329 e. The van der Waals surface area contributed by atoms with Gasteiger partial charge in [0.25, 0.3) is 0 Å². The van der Waals surface area contributed by atoms with Crippen LogP contribution in [0.3, 0.4) is 0 Å². The van der Waals surface area contributed by atoms with Crippen molar-refractivity contribution in [3.8, 4) is 17.5 Å². The van der Waals surface area contributed by atoms with Gasteiger partial charge in [-0.3, -0.25) is 0 Å². The molecule has 0 amide bonds. The van der Waals surface area contributed by atoms with Crippen molar-refractivity contribution in [1.82, 2.24) is 9.55 Å². The van der Waals surface area contributed by atoms with E-state index < -0.39 is 0 Å². The van der Waals surface area contributed by atoms with Crippen molar-refractivity contribution < 1.29 is 4.39 Å². The zero-order valence-corrected chi connectivity index (χ0v) is 10.7. The fourth-order valence-corrected chi connectivity index (χ4v) is 2.23. The van der Waals surface area contributed by atoms with Crippen LogP contribution < -0.4 is 0 Å². The van der Waals surface area contributed by atoms with E-state index in [1.54, 1.807) is 16.7 Å². The molecule has 0 aliphatic rings. The van der Waals surface area contributed by atoms with Crippen molar-refractivity contribution in [2.45, 2.75) is 6.42 Å². The number of rotatable bonds is 2. The van der Waals surface area contributed by atoms with Crippen LogP contribution in [0.5, 0.6) is 0 Å². The summed E-state index contributed by atoms with van der Waals surface area (Å²) in [5.41, 5.74) is 1.48. The topological polar surface area (TPSA) is 41.6 Å². The molecule has 0 N–H and O–H groups in total. The summed E-state index contributed by atoms with van der Waals surface area (Å²) in [7, 11) is 1.81. The number of benzene rings is 1. The number of imidazole rings is 1. The summed E-state index contributed by atoms with van der Waals surface area (Å²) < 4.78 is 15.6. The zero-order chi connectivity index (χ0) is 12.4. The number of aromatic nitrogens is 2. The van der Waals surface area contributed by atoms with E-state index in [1.165, 1.54) is 12.1 Å². The standard InChI is InChI=1S/C12H9BrFN3/c1-17-10(5-6-15)11(13)16-12(17)8-3-2-4-9(14)7-8/h2-4,7H,5H2,1H3. The van der Waals surface area contributed by atoms with Gasteiger partial charge in [-0.1, -0.05) is 12.1 Å². The summed E-state index contributed by atoms with van der Waals surface area (Å²) in [6.07, 6.45) is 0.263. The lowest BCUT2D eigenvalue weighted by Gasteiger charge is -2.03. The van der Waals surface area contributed by atoms with Crippen LogP contribution >= 0.6 is 15.9 Å². The van der Waals surface area contributed by atoms with Crippen molar-refractivity contribution >= 4 is 15.9 Å². The molecule has 0 spiro atoms. The summed E-state index contributed by atoms with van der Waals surface area (Å²) >= 11 is 3.31. The van der Waals surface area contributed by atoms with Gasteiger partial charge in [-0.25, -0.2) is 9.37 Å². The number of halogens is 2. The summed E-state index contributed by atoms with van der Waals surface area (Å²) in [5, 5.41) is 8.72. The van der Waals surface area contributed by atoms with Crippen LogP contribution in [0.1, 0.15) is 5.69 Å². The average Bonchev–Trinajstić information content (AvgIpc) is 2.57. The molecule has 0 saturated carbocycles. The lowest BCUT2D eigenvalue weighted by molar-refractivity contribution is 0.628. The van der Waals surface area contributed by atoms with Gasteiger partial charge in [-0.2, -0.15) is 5.26 Å². The van der Waals surface area contributed by atoms with E-state index >= 15 is 0 Å². The van der Waals surface area contributed by atoms with Crippen molar-refractivity contribution in [3.63, 3.8) is 0 Å². The smallest absolute Gasteiger partial charge is 0.141 e. The van der Waals surface area contributed by atoms with Crippen molar-refractivity contribution in [3.05, 3.63) is 40.4 Å². The third kappa shape index (κ3) is 2.22. The average molecular weight is 294 g/mol. The molecule has 0 atom stereocenters. The molecule has 0 saturated heterocycles. The van der Waals surface area contributed by atoms with Crippen LogP contribution in [0.15, 0.2) is 28.9 Å². The molecule has 3 nitrogen and oxygen atoms in total. The third-order valence-electron chi connectivity index (χ3n) is 2.49. The first kappa shape index (κ1) is 11.8. The molecule has 0 fully saturated rings. The Bertz CT molecular complexity index is 598. The monoisotopic (exact) mass is 293 g/mol. The van der Waals surface area contributed by atoms with E-state index in [4.69, 9.17) is 5.26 Å². The van der Waals surface area contributed by atoms with Gasteiger partial charge in [0.1, 0.15) is 16.2 Å². The van der Waals surface area contributed by atoms with Crippen molar-refractivity contribution in [2.24, 2.45) is 7.05 Å². The molecule has 2 aromatic rings. The van der Waals surface area contributed by atoms with E-state index in [9.17, 15) is 4.39 Å². The minimum absolute atomic E-state index is 0.263. The quantitative estimate of drug-likeness (QED) is 0.854. The molecule has 2 rings (SSSR count). The number of hydrogen-bond donors (Lipinski definition) is 0. The Hall–Kier alpha value is -1.67. The maximum absolute atomic E-state index is 13.1. The summed E-state index contributed by atoms with van der Waals surface area (Å²) in [6, 6.07) is 8.31. The summed E-state index contributed by atoms with van der Waals surface area (Å²) in [5.74, 6) is 0.338. The first-order chi connectivity index (χ1) is 8.13. The Morgan fingerprint density at radius 3 is 2.94 bits per heavy atom. The van der Waals surface area contributed by atoms with Crippen molar-refractivity contribution in [2.75, 3.05) is 0 Å². The number of hydrogen-bond acceptors (Lipinski definition) is 2. The molecule has 1 heterocycles. The van der Waals surface area contributed by atoms with Gasteiger partial charge >= 0.3 is 0 Å². The molecule has 17 heavy (non-hydrogen) atoms. The predicted octanol–water partition coefficient (Wildman–Crippen LogP) is 3.05. The van der Waals surface area contributed by atoms with E-state index in [1.807, 2.05) is 7.05 Å².